The molecule has 0 saturated carbocycles. The Labute approximate surface area is 155 Å². The van der Waals surface area contributed by atoms with Crippen molar-refractivity contribution < 1.29 is 4.74 Å². The monoisotopic (exact) mass is 353 g/mol. The molecule has 1 spiro atoms. The van der Waals surface area contributed by atoms with Crippen molar-refractivity contribution in [3.8, 4) is 0 Å². The van der Waals surface area contributed by atoms with E-state index in [1.54, 1.807) is 0 Å². The number of likely N-dealkylation sites (tertiary alicyclic amines) is 1. The molecule has 0 aliphatic carbocycles. The number of rotatable bonds is 3. The summed E-state index contributed by atoms with van der Waals surface area (Å²) in [5, 5.41) is 0. The van der Waals surface area contributed by atoms with Gasteiger partial charge in [-0.15, -0.1) is 0 Å². The van der Waals surface area contributed by atoms with Gasteiger partial charge in [-0.05, 0) is 31.7 Å². The van der Waals surface area contributed by atoms with Crippen LogP contribution in [-0.2, 0) is 23.3 Å². The van der Waals surface area contributed by atoms with E-state index < -0.39 is 0 Å². The average Bonchev–Trinajstić information content (AvgIpc) is 2.65. The standard InChI is InChI=1S/C20H27N5O/c1-14(2)19-23-12-17-4-9-26-20(18(17)24-19)5-7-25(8-6-20)13-16-10-21-15(3)22-11-16/h10-12,14H,4-9,13H2,1-3H3. The molecule has 6 nitrogen and oxygen atoms in total. The molecule has 0 aromatic carbocycles. The molecule has 2 aliphatic heterocycles. The van der Waals surface area contributed by atoms with Gasteiger partial charge in [0.05, 0.1) is 12.3 Å². The molecule has 2 aromatic heterocycles. The van der Waals surface area contributed by atoms with Crippen LogP contribution in [0.25, 0.3) is 0 Å². The first-order chi connectivity index (χ1) is 12.6. The lowest BCUT2D eigenvalue weighted by Gasteiger charge is -2.44. The highest BCUT2D eigenvalue weighted by molar-refractivity contribution is 5.28. The Kier molecular flexibility index (Phi) is 4.71. The summed E-state index contributed by atoms with van der Waals surface area (Å²) >= 11 is 0. The third-order valence-corrected chi connectivity index (χ3v) is 5.49. The van der Waals surface area contributed by atoms with Gasteiger partial charge in [0.2, 0.25) is 0 Å². The molecule has 138 valence electrons. The molecule has 4 rings (SSSR count). The van der Waals surface area contributed by atoms with Crippen molar-refractivity contribution >= 4 is 0 Å². The number of aryl methyl sites for hydroxylation is 1. The van der Waals surface area contributed by atoms with Crippen LogP contribution in [0.5, 0.6) is 0 Å². The molecule has 0 unspecified atom stereocenters. The number of nitrogens with zero attached hydrogens (tertiary/aromatic N) is 5. The number of hydrogen-bond acceptors (Lipinski definition) is 6. The van der Waals surface area contributed by atoms with Crippen molar-refractivity contribution in [3.05, 3.63) is 47.1 Å². The van der Waals surface area contributed by atoms with Crippen molar-refractivity contribution in [2.45, 2.75) is 58.1 Å². The van der Waals surface area contributed by atoms with Gasteiger partial charge < -0.3 is 4.74 Å². The molecule has 6 heteroatoms. The zero-order valence-corrected chi connectivity index (χ0v) is 15.9. The van der Waals surface area contributed by atoms with E-state index in [9.17, 15) is 0 Å². The highest BCUT2D eigenvalue weighted by Crippen LogP contribution is 2.40. The van der Waals surface area contributed by atoms with Crippen LogP contribution in [0.2, 0.25) is 0 Å². The van der Waals surface area contributed by atoms with Gasteiger partial charge in [-0.2, -0.15) is 0 Å². The average molecular weight is 353 g/mol. The fourth-order valence-electron chi connectivity index (χ4n) is 3.91. The second-order valence-electron chi connectivity index (χ2n) is 7.76. The number of ether oxygens (including phenoxy) is 1. The fraction of sp³-hybridized carbons (Fsp3) is 0.600. The zero-order valence-electron chi connectivity index (χ0n) is 15.9. The Bertz CT molecular complexity index is 766. The summed E-state index contributed by atoms with van der Waals surface area (Å²) in [4.78, 5) is 20.6. The second kappa shape index (κ2) is 7.00. The maximum atomic E-state index is 6.34. The quantitative estimate of drug-likeness (QED) is 0.845. The van der Waals surface area contributed by atoms with Gasteiger partial charge in [0.1, 0.15) is 17.2 Å². The summed E-state index contributed by atoms with van der Waals surface area (Å²) in [6.07, 6.45) is 8.75. The Balaban J connectivity index is 1.50. The van der Waals surface area contributed by atoms with Gasteiger partial charge in [0.15, 0.2) is 0 Å². The maximum absolute atomic E-state index is 6.34. The van der Waals surface area contributed by atoms with Crippen LogP contribution in [0, 0.1) is 6.92 Å². The highest BCUT2D eigenvalue weighted by atomic mass is 16.5. The Morgan fingerprint density at radius 3 is 2.54 bits per heavy atom. The Morgan fingerprint density at radius 2 is 1.85 bits per heavy atom. The summed E-state index contributed by atoms with van der Waals surface area (Å²) in [6.45, 7) is 9.85. The van der Waals surface area contributed by atoms with Crippen LogP contribution in [0.3, 0.4) is 0 Å². The smallest absolute Gasteiger partial charge is 0.131 e. The third kappa shape index (κ3) is 3.35. The number of piperidine rings is 1. The third-order valence-electron chi connectivity index (χ3n) is 5.49. The van der Waals surface area contributed by atoms with Gasteiger partial charge in [-0.3, -0.25) is 4.90 Å². The van der Waals surface area contributed by atoms with Crippen LogP contribution >= 0.6 is 0 Å². The topological polar surface area (TPSA) is 64.0 Å². The first-order valence-electron chi connectivity index (χ1n) is 9.56. The molecule has 0 amide bonds. The van der Waals surface area contributed by atoms with E-state index in [2.05, 4.69) is 33.7 Å². The molecule has 0 bridgehead atoms. The maximum Gasteiger partial charge on any atom is 0.131 e. The predicted octanol–water partition coefficient (Wildman–Crippen LogP) is 2.76. The SMILES string of the molecule is Cc1ncc(CN2CCC3(CC2)OCCc2cnc(C(C)C)nc23)cn1. The van der Waals surface area contributed by atoms with Crippen molar-refractivity contribution in [1.29, 1.82) is 0 Å². The lowest BCUT2D eigenvalue weighted by molar-refractivity contribution is -0.102. The molecule has 0 radical (unpaired) electrons. The lowest BCUT2D eigenvalue weighted by atomic mass is 9.83. The van der Waals surface area contributed by atoms with Gasteiger partial charge in [-0.1, -0.05) is 13.8 Å². The summed E-state index contributed by atoms with van der Waals surface area (Å²) in [5.74, 6) is 2.08. The zero-order chi connectivity index (χ0) is 18.1. The van der Waals surface area contributed by atoms with E-state index >= 15 is 0 Å². The Morgan fingerprint density at radius 1 is 1.12 bits per heavy atom. The van der Waals surface area contributed by atoms with E-state index in [1.807, 2.05) is 25.5 Å². The number of fused-ring (bicyclic) bond motifs is 2. The van der Waals surface area contributed by atoms with Crippen molar-refractivity contribution in [2.75, 3.05) is 19.7 Å². The molecule has 26 heavy (non-hydrogen) atoms. The molecule has 2 aliphatic rings. The molecular weight excluding hydrogens is 326 g/mol. The number of aromatic nitrogens is 4. The second-order valence-corrected chi connectivity index (χ2v) is 7.76. The molecule has 2 aromatic rings. The summed E-state index contributed by atoms with van der Waals surface area (Å²) in [5.41, 5.74) is 3.34. The minimum atomic E-state index is -0.236. The minimum absolute atomic E-state index is 0.236. The van der Waals surface area contributed by atoms with E-state index in [1.165, 1.54) is 11.1 Å². The summed E-state index contributed by atoms with van der Waals surface area (Å²) in [6, 6.07) is 0. The normalized spacial score (nSPS) is 19.7. The number of hydrogen-bond donors (Lipinski definition) is 0. The largest absolute Gasteiger partial charge is 0.368 e. The van der Waals surface area contributed by atoms with Crippen molar-refractivity contribution in [2.24, 2.45) is 0 Å². The molecule has 4 heterocycles. The predicted molar refractivity (Wildman–Crippen MR) is 98.7 cm³/mol. The lowest BCUT2D eigenvalue weighted by Crippen LogP contribution is -2.47. The molecule has 1 fully saturated rings. The van der Waals surface area contributed by atoms with Gasteiger partial charge in [0.25, 0.3) is 0 Å². The van der Waals surface area contributed by atoms with Gasteiger partial charge >= 0.3 is 0 Å². The van der Waals surface area contributed by atoms with Crippen LogP contribution < -0.4 is 0 Å². The minimum Gasteiger partial charge on any atom is -0.368 e. The first kappa shape index (κ1) is 17.5. The molecule has 1 saturated heterocycles. The van der Waals surface area contributed by atoms with E-state index in [4.69, 9.17) is 9.72 Å². The Hall–Kier alpha value is -1.92. The molecular formula is C20H27N5O. The van der Waals surface area contributed by atoms with Crippen LogP contribution in [0.15, 0.2) is 18.6 Å². The van der Waals surface area contributed by atoms with Crippen LogP contribution in [0.4, 0.5) is 0 Å². The van der Waals surface area contributed by atoms with Gasteiger partial charge in [0, 0.05) is 49.7 Å². The van der Waals surface area contributed by atoms with E-state index in [-0.39, 0.29) is 5.60 Å². The van der Waals surface area contributed by atoms with Crippen LogP contribution in [-0.4, -0.2) is 44.5 Å². The summed E-state index contributed by atoms with van der Waals surface area (Å²) < 4.78 is 6.34. The molecule has 0 N–H and O–H groups in total. The van der Waals surface area contributed by atoms with Crippen LogP contribution in [0.1, 0.15) is 61.1 Å². The van der Waals surface area contributed by atoms with Gasteiger partial charge in [-0.25, -0.2) is 19.9 Å². The fourth-order valence-corrected chi connectivity index (χ4v) is 3.91. The van der Waals surface area contributed by atoms with E-state index in [0.29, 0.717) is 5.92 Å². The van der Waals surface area contributed by atoms with Crippen molar-refractivity contribution in [1.82, 2.24) is 24.8 Å². The van der Waals surface area contributed by atoms with E-state index in [0.717, 1.165) is 62.8 Å². The highest BCUT2D eigenvalue weighted by Gasteiger charge is 2.42. The molecule has 0 atom stereocenters. The van der Waals surface area contributed by atoms with Crippen molar-refractivity contribution in [3.63, 3.8) is 0 Å². The first-order valence-corrected chi connectivity index (χ1v) is 9.56. The summed E-state index contributed by atoms with van der Waals surface area (Å²) in [7, 11) is 0.